The molecular weight excluding hydrogens is 308 g/mol. The van der Waals surface area contributed by atoms with E-state index < -0.39 is 11.2 Å². The number of ether oxygens (including phenoxy) is 1. The van der Waals surface area contributed by atoms with Gasteiger partial charge >= 0.3 is 5.69 Å². The molecule has 1 heterocycles. The highest BCUT2D eigenvalue weighted by molar-refractivity contribution is 5.51. The first-order chi connectivity index (χ1) is 11.4. The van der Waals surface area contributed by atoms with Crippen LogP contribution < -0.4 is 21.3 Å². The van der Waals surface area contributed by atoms with Gasteiger partial charge in [0.2, 0.25) is 0 Å². The van der Waals surface area contributed by atoms with Gasteiger partial charge in [0.15, 0.2) is 5.56 Å². The summed E-state index contributed by atoms with van der Waals surface area (Å²) >= 11 is 0. The number of nitrogens with zero attached hydrogens (tertiary/aromatic N) is 3. The maximum atomic E-state index is 12.0. The van der Waals surface area contributed by atoms with Crippen LogP contribution in [0.2, 0.25) is 0 Å². The van der Waals surface area contributed by atoms with E-state index in [0.29, 0.717) is 13.0 Å². The van der Waals surface area contributed by atoms with Gasteiger partial charge in [-0.25, -0.2) is 4.79 Å². The van der Waals surface area contributed by atoms with Crippen molar-refractivity contribution in [3.8, 4) is 11.8 Å². The normalized spacial score (nSPS) is 10.3. The smallest absolute Gasteiger partial charge is 0.332 e. The second kappa shape index (κ2) is 7.04. The highest BCUT2D eigenvalue weighted by atomic mass is 16.5. The summed E-state index contributed by atoms with van der Waals surface area (Å²) in [6.07, 6.45) is 0.624. The molecule has 24 heavy (non-hydrogen) atoms. The van der Waals surface area contributed by atoms with Crippen LogP contribution in [0.4, 0.5) is 5.82 Å². The topological polar surface area (TPSA) is 89.1 Å². The molecule has 0 aliphatic rings. The zero-order valence-electron chi connectivity index (χ0n) is 14.2. The SMILES string of the molecule is COc1ccc(C)cc1CCNc1c(C#N)c(=O)n(C)c(=O)n1C. The molecule has 0 spiro atoms. The predicted octanol–water partition coefficient (Wildman–Crippen LogP) is 0.927. The Bertz CT molecular complexity index is 919. The lowest BCUT2D eigenvalue weighted by Gasteiger charge is -2.14. The molecule has 7 nitrogen and oxygen atoms in total. The molecule has 2 aromatic rings. The van der Waals surface area contributed by atoms with Crippen molar-refractivity contribution >= 4 is 5.82 Å². The number of aromatic nitrogens is 2. The number of rotatable bonds is 5. The number of anilines is 1. The molecule has 1 aromatic carbocycles. The molecule has 0 bridgehead atoms. The van der Waals surface area contributed by atoms with E-state index in [1.165, 1.54) is 18.7 Å². The Balaban J connectivity index is 2.28. The number of aryl methyl sites for hydroxylation is 1. The van der Waals surface area contributed by atoms with Crippen LogP contribution in [0.1, 0.15) is 16.7 Å². The zero-order chi connectivity index (χ0) is 17.9. The van der Waals surface area contributed by atoms with Crippen molar-refractivity contribution in [3.05, 3.63) is 55.7 Å². The lowest BCUT2D eigenvalue weighted by Crippen LogP contribution is -2.40. The molecule has 0 aliphatic carbocycles. The van der Waals surface area contributed by atoms with Crippen molar-refractivity contribution in [1.82, 2.24) is 9.13 Å². The third-order valence-corrected chi connectivity index (χ3v) is 3.90. The van der Waals surface area contributed by atoms with Crippen LogP contribution in [0.5, 0.6) is 5.75 Å². The summed E-state index contributed by atoms with van der Waals surface area (Å²) in [4.78, 5) is 24.1. The molecule has 0 unspecified atom stereocenters. The van der Waals surface area contributed by atoms with Gasteiger partial charge in [-0.05, 0) is 25.0 Å². The molecule has 0 fully saturated rings. The van der Waals surface area contributed by atoms with Crippen molar-refractivity contribution in [2.45, 2.75) is 13.3 Å². The number of benzene rings is 1. The van der Waals surface area contributed by atoms with Crippen LogP contribution in [0.15, 0.2) is 27.8 Å². The summed E-state index contributed by atoms with van der Waals surface area (Å²) in [7, 11) is 4.49. The first-order valence-electron chi connectivity index (χ1n) is 7.48. The largest absolute Gasteiger partial charge is 0.496 e. The Kier molecular flexibility index (Phi) is 5.09. The molecule has 0 atom stereocenters. The van der Waals surface area contributed by atoms with Crippen LogP contribution in [0.3, 0.4) is 0 Å². The minimum Gasteiger partial charge on any atom is -0.496 e. The van der Waals surface area contributed by atoms with Gasteiger partial charge in [-0.15, -0.1) is 0 Å². The van der Waals surface area contributed by atoms with E-state index in [2.05, 4.69) is 5.32 Å². The first-order valence-corrected chi connectivity index (χ1v) is 7.48. The van der Waals surface area contributed by atoms with E-state index in [9.17, 15) is 14.9 Å². The molecule has 7 heteroatoms. The lowest BCUT2D eigenvalue weighted by atomic mass is 10.1. The zero-order valence-corrected chi connectivity index (χ0v) is 14.2. The molecule has 0 aliphatic heterocycles. The number of hydrogen-bond acceptors (Lipinski definition) is 5. The Hall–Kier alpha value is -3.01. The van der Waals surface area contributed by atoms with Gasteiger partial charge in [0.25, 0.3) is 5.56 Å². The van der Waals surface area contributed by atoms with Crippen molar-refractivity contribution < 1.29 is 4.74 Å². The van der Waals surface area contributed by atoms with Gasteiger partial charge < -0.3 is 10.1 Å². The minimum absolute atomic E-state index is 0.0733. The molecule has 2 rings (SSSR count). The first kappa shape index (κ1) is 17.3. The fraction of sp³-hybridized carbons (Fsp3) is 0.353. The highest BCUT2D eigenvalue weighted by Crippen LogP contribution is 2.20. The fourth-order valence-electron chi connectivity index (χ4n) is 2.57. The van der Waals surface area contributed by atoms with Gasteiger partial charge in [-0.2, -0.15) is 5.26 Å². The average molecular weight is 328 g/mol. The summed E-state index contributed by atoms with van der Waals surface area (Å²) in [5.74, 6) is 1.01. The molecule has 126 valence electrons. The summed E-state index contributed by atoms with van der Waals surface area (Å²) in [6.45, 7) is 2.45. The van der Waals surface area contributed by atoms with Crippen LogP contribution in [-0.4, -0.2) is 22.8 Å². The van der Waals surface area contributed by atoms with Crippen LogP contribution in [0, 0.1) is 18.3 Å². The number of hydrogen-bond donors (Lipinski definition) is 1. The van der Waals surface area contributed by atoms with Gasteiger partial charge in [-0.3, -0.25) is 13.9 Å². The monoisotopic (exact) mass is 328 g/mol. The summed E-state index contributed by atoms with van der Waals surface area (Å²) < 4.78 is 7.53. The van der Waals surface area contributed by atoms with E-state index in [1.54, 1.807) is 7.11 Å². The summed E-state index contributed by atoms with van der Waals surface area (Å²) in [6, 6.07) is 7.76. The lowest BCUT2D eigenvalue weighted by molar-refractivity contribution is 0.410. The van der Waals surface area contributed by atoms with Crippen LogP contribution >= 0.6 is 0 Å². The van der Waals surface area contributed by atoms with Crippen molar-refractivity contribution in [3.63, 3.8) is 0 Å². The molecule has 0 saturated carbocycles. The maximum Gasteiger partial charge on any atom is 0.332 e. The van der Waals surface area contributed by atoms with Crippen LogP contribution in [0.25, 0.3) is 0 Å². The highest BCUT2D eigenvalue weighted by Gasteiger charge is 2.15. The van der Waals surface area contributed by atoms with E-state index in [-0.39, 0.29) is 11.4 Å². The third kappa shape index (κ3) is 3.18. The quantitative estimate of drug-likeness (QED) is 0.882. The Morgan fingerprint density at radius 2 is 1.96 bits per heavy atom. The van der Waals surface area contributed by atoms with Crippen LogP contribution in [-0.2, 0) is 20.5 Å². The maximum absolute atomic E-state index is 12.0. The standard InChI is InChI=1S/C17H20N4O3/c1-11-5-6-14(24-4)12(9-11)7-8-19-15-13(10-18)16(22)21(3)17(23)20(15)2/h5-6,9,19H,7-8H2,1-4H3. The summed E-state index contributed by atoms with van der Waals surface area (Å²) in [5, 5.41) is 12.3. The molecule has 1 aromatic heterocycles. The second-order valence-electron chi connectivity index (χ2n) is 5.53. The predicted molar refractivity (Wildman–Crippen MR) is 91.6 cm³/mol. The number of methoxy groups -OCH3 is 1. The Morgan fingerprint density at radius 3 is 2.58 bits per heavy atom. The Morgan fingerprint density at radius 1 is 1.25 bits per heavy atom. The van der Waals surface area contributed by atoms with Gasteiger partial charge in [0.1, 0.15) is 17.6 Å². The number of nitrogens with one attached hydrogen (secondary N) is 1. The molecular formula is C17H20N4O3. The molecule has 0 saturated heterocycles. The molecule has 0 amide bonds. The average Bonchev–Trinajstić information content (AvgIpc) is 2.58. The van der Waals surface area contributed by atoms with Gasteiger partial charge in [0, 0.05) is 20.6 Å². The van der Waals surface area contributed by atoms with Gasteiger partial charge in [0.05, 0.1) is 7.11 Å². The van der Waals surface area contributed by atoms with Gasteiger partial charge in [-0.1, -0.05) is 17.7 Å². The van der Waals surface area contributed by atoms with Crippen molar-refractivity contribution in [2.24, 2.45) is 14.1 Å². The summed E-state index contributed by atoms with van der Waals surface area (Å²) in [5.41, 5.74) is 0.975. The van der Waals surface area contributed by atoms with E-state index >= 15 is 0 Å². The minimum atomic E-state index is -0.601. The molecule has 1 N–H and O–H groups in total. The second-order valence-corrected chi connectivity index (χ2v) is 5.53. The Labute approximate surface area is 139 Å². The van der Waals surface area contributed by atoms with E-state index in [1.807, 2.05) is 31.2 Å². The molecule has 0 radical (unpaired) electrons. The van der Waals surface area contributed by atoms with Crippen molar-refractivity contribution in [2.75, 3.05) is 19.0 Å². The third-order valence-electron chi connectivity index (χ3n) is 3.90. The van der Waals surface area contributed by atoms with E-state index in [0.717, 1.165) is 21.4 Å². The van der Waals surface area contributed by atoms with E-state index in [4.69, 9.17) is 4.74 Å². The number of nitriles is 1. The van der Waals surface area contributed by atoms with Crippen molar-refractivity contribution in [1.29, 1.82) is 5.26 Å². The fourth-order valence-corrected chi connectivity index (χ4v) is 2.57.